The number of likely N-dealkylation sites (N-methyl/N-ethyl adjacent to an activating group) is 1. The van der Waals surface area contributed by atoms with E-state index in [1.54, 1.807) is 25.1 Å². The largest absolute Gasteiger partial charge is 0.496 e. The van der Waals surface area contributed by atoms with Gasteiger partial charge in [0.15, 0.2) is 6.10 Å². The van der Waals surface area contributed by atoms with Crippen LogP contribution in [0.1, 0.15) is 12.0 Å². The lowest BCUT2D eigenvalue weighted by atomic mass is 10.1. The standard InChI is InChI=1S/C20H22N2O4/c1-21-20(24)18-13-22(15-8-4-6-10-17(15)26-18)19(23)12-11-14-7-3-5-9-16(14)25-2/h3-10,18H,11-13H2,1-2H3,(H,21,24)/t18-/m0/s1. The summed E-state index contributed by atoms with van der Waals surface area (Å²) >= 11 is 0. The summed E-state index contributed by atoms with van der Waals surface area (Å²) in [4.78, 5) is 26.5. The summed E-state index contributed by atoms with van der Waals surface area (Å²) < 4.78 is 11.1. The van der Waals surface area contributed by atoms with Gasteiger partial charge in [-0.15, -0.1) is 0 Å². The minimum absolute atomic E-state index is 0.0550. The highest BCUT2D eigenvalue weighted by atomic mass is 16.5. The van der Waals surface area contributed by atoms with E-state index in [1.807, 2.05) is 42.5 Å². The Balaban J connectivity index is 1.78. The van der Waals surface area contributed by atoms with E-state index >= 15 is 0 Å². The predicted octanol–water partition coefficient (Wildman–Crippen LogP) is 2.17. The van der Waals surface area contributed by atoms with Gasteiger partial charge in [-0.3, -0.25) is 9.59 Å². The van der Waals surface area contributed by atoms with Crippen molar-refractivity contribution in [1.82, 2.24) is 5.32 Å². The quantitative estimate of drug-likeness (QED) is 0.894. The molecular weight excluding hydrogens is 332 g/mol. The summed E-state index contributed by atoms with van der Waals surface area (Å²) in [5.41, 5.74) is 1.67. The smallest absolute Gasteiger partial charge is 0.262 e. The molecule has 0 aromatic heterocycles. The molecule has 26 heavy (non-hydrogen) atoms. The molecule has 3 rings (SSSR count). The number of ether oxygens (including phenoxy) is 2. The van der Waals surface area contributed by atoms with Crippen molar-refractivity contribution in [3.8, 4) is 11.5 Å². The SMILES string of the molecule is CNC(=O)[C@@H]1CN(C(=O)CCc2ccccc2OC)c2ccccc2O1. The number of methoxy groups -OCH3 is 1. The third-order valence-electron chi connectivity index (χ3n) is 4.41. The monoisotopic (exact) mass is 354 g/mol. The number of amides is 2. The number of nitrogens with one attached hydrogen (secondary N) is 1. The van der Waals surface area contributed by atoms with Gasteiger partial charge in [-0.1, -0.05) is 30.3 Å². The molecule has 1 N–H and O–H groups in total. The first kappa shape index (κ1) is 17.8. The molecule has 2 amide bonds. The summed E-state index contributed by atoms with van der Waals surface area (Å²) in [5.74, 6) is 1.01. The van der Waals surface area contributed by atoms with Gasteiger partial charge in [-0.05, 0) is 30.2 Å². The second kappa shape index (κ2) is 7.91. The Morgan fingerprint density at radius 1 is 1.19 bits per heavy atom. The van der Waals surface area contributed by atoms with Crippen molar-refractivity contribution in [2.24, 2.45) is 0 Å². The maximum atomic E-state index is 12.9. The van der Waals surface area contributed by atoms with E-state index in [9.17, 15) is 9.59 Å². The highest BCUT2D eigenvalue weighted by Gasteiger charge is 2.33. The van der Waals surface area contributed by atoms with E-state index in [-0.39, 0.29) is 18.4 Å². The van der Waals surface area contributed by atoms with Gasteiger partial charge in [0.05, 0.1) is 19.3 Å². The highest BCUT2D eigenvalue weighted by Crippen LogP contribution is 2.33. The van der Waals surface area contributed by atoms with Crippen molar-refractivity contribution < 1.29 is 19.1 Å². The van der Waals surface area contributed by atoms with Crippen molar-refractivity contribution in [1.29, 1.82) is 0 Å². The number of anilines is 1. The fourth-order valence-corrected chi connectivity index (χ4v) is 3.05. The molecule has 0 radical (unpaired) electrons. The molecule has 0 aliphatic carbocycles. The predicted molar refractivity (Wildman–Crippen MR) is 98.6 cm³/mol. The number of nitrogens with zero attached hydrogens (tertiary/aromatic N) is 1. The van der Waals surface area contributed by atoms with E-state index in [2.05, 4.69) is 5.32 Å². The normalized spacial score (nSPS) is 15.6. The van der Waals surface area contributed by atoms with Gasteiger partial charge in [-0.25, -0.2) is 0 Å². The summed E-state index contributed by atoms with van der Waals surface area (Å²) in [5, 5.41) is 2.58. The highest BCUT2D eigenvalue weighted by molar-refractivity contribution is 5.97. The molecule has 6 heteroatoms. The minimum atomic E-state index is -0.717. The molecule has 2 aromatic carbocycles. The van der Waals surface area contributed by atoms with Crippen LogP contribution in [0, 0.1) is 0 Å². The van der Waals surface area contributed by atoms with Crippen LogP contribution in [0.2, 0.25) is 0 Å². The van der Waals surface area contributed by atoms with E-state index in [0.717, 1.165) is 11.3 Å². The molecule has 1 heterocycles. The molecule has 1 aliphatic heterocycles. The maximum absolute atomic E-state index is 12.9. The zero-order valence-electron chi connectivity index (χ0n) is 14.9. The number of hydrogen-bond acceptors (Lipinski definition) is 4. The molecule has 0 saturated heterocycles. The van der Waals surface area contributed by atoms with E-state index in [4.69, 9.17) is 9.47 Å². The van der Waals surface area contributed by atoms with Crippen LogP contribution in [-0.4, -0.2) is 38.6 Å². The Hall–Kier alpha value is -3.02. The van der Waals surface area contributed by atoms with Crippen LogP contribution in [0.25, 0.3) is 0 Å². The second-order valence-electron chi connectivity index (χ2n) is 6.00. The Kier molecular flexibility index (Phi) is 5.41. The number of aryl methyl sites for hydroxylation is 1. The van der Waals surface area contributed by atoms with Crippen LogP contribution >= 0.6 is 0 Å². The van der Waals surface area contributed by atoms with Crippen LogP contribution < -0.4 is 19.7 Å². The Labute approximate surface area is 152 Å². The zero-order chi connectivity index (χ0) is 18.5. The lowest BCUT2D eigenvalue weighted by molar-refractivity contribution is -0.127. The number of rotatable bonds is 5. The van der Waals surface area contributed by atoms with Gasteiger partial charge in [0.1, 0.15) is 11.5 Å². The molecule has 2 aromatic rings. The summed E-state index contributed by atoms with van der Waals surface area (Å²) in [7, 11) is 3.17. The first-order valence-electron chi connectivity index (χ1n) is 8.53. The van der Waals surface area contributed by atoms with Gasteiger partial charge >= 0.3 is 0 Å². The number of benzene rings is 2. The summed E-state index contributed by atoms with van der Waals surface area (Å²) in [6, 6.07) is 14.9. The van der Waals surface area contributed by atoms with Gasteiger partial charge in [-0.2, -0.15) is 0 Å². The number of carbonyl (C=O) groups is 2. The third kappa shape index (κ3) is 3.64. The lowest BCUT2D eigenvalue weighted by Crippen LogP contribution is -2.50. The molecule has 1 atom stereocenters. The van der Waals surface area contributed by atoms with Crippen molar-refractivity contribution in [3.05, 3.63) is 54.1 Å². The summed E-state index contributed by atoms with van der Waals surface area (Å²) in [6.07, 6.45) is 0.160. The second-order valence-corrected chi connectivity index (χ2v) is 6.00. The Bertz CT molecular complexity index is 806. The Morgan fingerprint density at radius 2 is 1.92 bits per heavy atom. The van der Waals surface area contributed by atoms with Crippen LogP contribution in [-0.2, 0) is 16.0 Å². The number of fused-ring (bicyclic) bond motifs is 1. The fraction of sp³-hybridized carbons (Fsp3) is 0.300. The molecule has 0 unspecified atom stereocenters. The van der Waals surface area contributed by atoms with Crippen molar-refractivity contribution >= 4 is 17.5 Å². The molecule has 1 aliphatic rings. The molecule has 136 valence electrons. The van der Waals surface area contributed by atoms with Crippen molar-refractivity contribution in [2.75, 3.05) is 25.6 Å². The zero-order valence-corrected chi connectivity index (χ0v) is 14.9. The number of para-hydroxylation sites is 3. The Morgan fingerprint density at radius 3 is 2.69 bits per heavy atom. The number of hydrogen-bond donors (Lipinski definition) is 1. The van der Waals surface area contributed by atoms with Crippen LogP contribution in [0.15, 0.2) is 48.5 Å². The summed E-state index contributed by atoms with van der Waals surface area (Å²) in [6.45, 7) is 0.196. The van der Waals surface area contributed by atoms with E-state index in [1.165, 1.54) is 0 Å². The van der Waals surface area contributed by atoms with Gasteiger partial charge in [0.25, 0.3) is 5.91 Å². The average Bonchev–Trinajstić information content (AvgIpc) is 2.70. The third-order valence-corrected chi connectivity index (χ3v) is 4.41. The fourth-order valence-electron chi connectivity index (χ4n) is 3.05. The minimum Gasteiger partial charge on any atom is -0.496 e. The van der Waals surface area contributed by atoms with Crippen LogP contribution in [0.5, 0.6) is 11.5 Å². The van der Waals surface area contributed by atoms with Crippen molar-refractivity contribution in [3.63, 3.8) is 0 Å². The molecule has 0 fully saturated rings. The lowest BCUT2D eigenvalue weighted by Gasteiger charge is -2.34. The van der Waals surface area contributed by atoms with E-state index in [0.29, 0.717) is 24.3 Å². The van der Waals surface area contributed by atoms with Gasteiger partial charge < -0.3 is 19.7 Å². The average molecular weight is 354 g/mol. The molecule has 6 nitrogen and oxygen atoms in total. The van der Waals surface area contributed by atoms with Crippen LogP contribution in [0.4, 0.5) is 5.69 Å². The first-order valence-corrected chi connectivity index (χ1v) is 8.53. The van der Waals surface area contributed by atoms with Crippen molar-refractivity contribution in [2.45, 2.75) is 18.9 Å². The maximum Gasteiger partial charge on any atom is 0.262 e. The molecule has 0 saturated carbocycles. The van der Waals surface area contributed by atoms with Gasteiger partial charge in [0, 0.05) is 13.5 Å². The topological polar surface area (TPSA) is 67.9 Å². The number of carbonyl (C=O) groups excluding carboxylic acids is 2. The molecule has 0 spiro atoms. The van der Waals surface area contributed by atoms with E-state index < -0.39 is 6.10 Å². The molecular formula is C20H22N2O4. The van der Waals surface area contributed by atoms with Crippen LogP contribution in [0.3, 0.4) is 0 Å². The molecule has 0 bridgehead atoms. The first-order chi connectivity index (χ1) is 12.6. The van der Waals surface area contributed by atoms with Gasteiger partial charge in [0.2, 0.25) is 5.91 Å².